The van der Waals surface area contributed by atoms with Crippen molar-refractivity contribution in [2.24, 2.45) is 0 Å². The summed E-state index contributed by atoms with van der Waals surface area (Å²) in [6.45, 7) is 4.04. The van der Waals surface area contributed by atoms with Crippen molar-refractivity contribution in [3.63, 3.8) is 0 Å². The van der Waals surface area contributed by atoms with Crippen molar-refractivity contribution in [2.75, 3.05) is 14.2 Å². The van der Waals surface area contributed by atoms with E-state index in [0.717, 1.165) is 5.56 Å². The second kappa shape index (κ2) is 9.39. The quantitative estimate of drug-likeness (QED) is 0.269. The summed E-state index contributed by atoms with van der Waals surface area (Å²) < 4.78 is 10.6. The Labute approximate surface area is 196 Å². The first-order valence-electron chi connectivity index (χ1n) is 9.46. The molecule has 0 spiro atoms. The highest BCUT2D eigenvalue weighted by molar-refractivity contribution is 6.59. The van der Waals surface area contributed by atoms with Crippen LogP contribution in [0, 0.1) is 0 Å². The molecule has 0 radical (unpaired) electrons. The van der Waals surface area contributed by atoms with Crippen molar-refractivity contribution in [2.45, 2.75) is 18.2 Å². The molecule has 2 aromatic carbocycles. The largest absolute Gasteiger partial charge is 0.493 e. The number of ether oxygens (including phenoxy) is 2. The lowest BCUT2D eigenvalue weighted by atomic mass is 9.99. The number of hydrogen-bond acceptors (Lipinski definition) is 3. The predicted molar refractivity (Wildman–Crippen MR) is 127 cm³/mol. The summed E-state index contributed by atoms with van der Waals surface area (Å²) in [5.41, 5.74) is 3.38. The van der Waals surface area contributed by atoms with Crippen molar-refractivity contribution in [1.29, 1.82) is 0 Å². The molecule has 0 aliphatic carbocycles. The van der Waals surface area contributed by atoms with E-state index in [2.05, 4.69) is 0 Å². The zero-order chi connectivity index (χ0) is 22.8. The van der Waals surface area contributed by atoms with Gasteiger partial charge >= 0.3 is 0 Å². The monoisotopic (exact) mass is 477 g/mol. The molecule has 4 nitrogen and oxygen atoms in total. The lowest BCUT2D eigenvalue weighted by Gasteiger charge is -2.24. The summed E-state index contributed by atoms with van der Waals surface area (Å²) in [5, 5.41) is 0.409. The molecule has 3 aromatic rings. The highest BCUT2D eigenvalue weighted by Gasteiger charge is 2.40. The molecule has 0 amide bonds. The number of carbonyl (C=O) groups is 1. The van der Waals surface area contributed by atoms with E-state index in [-0.39, 0.29) is 11.3 Å². The number of ketones is 1. The summed E-state index contributed by atoms with van der Waals surface area (Å²) in [7, 11) is 2.94. The van der Waals surface area contributed by atoms with E-state index >= 15 is 0 Å². The number of nitrogens with zero attached hydrogens (tertiary/aromatic N) is 1. The number of hydrogen-bond donors (Lipinski definition) is 0. The summed E-state index contributed by atoms with van der Waals surface area (Å²) in [6, 6.07) is 12.0. The maximum absolute atomic E-state index is 13.5. The molecule has 0 bridgehead atoms. The first kappa shape index (κ1) is 23.3. The molecule has 3 rings (SSSR count). The zero-order valence-corrected chi connectivity index (χ0v) is 19.8. The molecule has 0 atom stereocenters. The van der Waals surface area contributed by atoms with Gasteiger partial charge in [0.05, 0.1) is 25.5 Å². The SMILES string of the molecule is COc1cccc(C(=O)C(Cl)(Cl)c2cc(Cl)ccc2-n2ccc(C=C(C)C)c2)c1OC. The molecule has 0 aliphatic rings. The zero-order valence-electron chi connectivity index (χ0n) is 17.6. The van der Waals surface area contributed by atoms with Crippen LogP contribution in [0.5, 0.6) is 11.5 Å². The molecule has 0 unspecified atom stereocenters. The van der Waals surface area contributed by atoms with Crippen LogP contribution in [-0.2, 0) is 4.33 Å². The smallest absolute Gasteiger partial charge is 0.207 e. The molecule has 0 aliphatic heterocycles. The molecule has 1 aromatic heterocycles. The Bertz CT molecular complexity index is 1140. The molecule has 31 heavy (non-hydrogen) atoms. The second-order valence-corrected chi connectivity index (χ2v) is 8.94. The van der Waals surface area contributed by atoms with Gasteiger partial charge in [-0.2, -0.15) is 0 Å². The first-order valence-corrected chi connectivity index (χ1v) is 10.6. The fourth-order valence-electron chi connectivity index (χ4n) is 3.32. The number of para-hydroxylation sites is 1. The van der Waals surface area contributed by atoms with Gasteiger partial charge in [0.2, 0.25) is 10.1 Å². The van der Waals surface area contributed by atoms with Crippen LogP contribution in [0.1, 0.15) is 35.3 Å². The van der Waals surface area contributed by atoms with Gasteiger partial charge in [-0.25, -0.2) is 0 Å². The predicted octanol–water partition coefficient (Wildman–Crippen LogP) is 7.08. The van der Waals surface area contributed by atoms with E-state index in [0.29, 0.717) is 22.0 Å². The highest BCUT2D eigenvalue weighted by Crippen LogP contribution is 2.44. The average molecular weight is 479 g/mol. The summed E-state index contributed by atoms with van der Waals surface area (Å²) in [4.78, 5) is 13.5. The molecule has 0 saturated carbocycles. The lowest BCUT2D eigenvalue weighted by molar-refractivity contribution is 0.0968. The fraction of sp³-hybridized carbons (Fsp3) is 0.208. The van der Waals surface area contributed by atoms with E-state index in [4.69, 9.17) is 44.3 Å². The molecular weight excluding hydrogens is 457 g/mol. The number of rotatable bonds is 7. The Morgan fingerprint density at radius 2 is 1.81 bits per heavy atom. The van der Waals surface area contributed by atoms with Gasteiger partial charge in [0.1, 0.15) is 0 Å². The van der Waals surface area contributed by atoms with E-state index in [1.165, 1.54) is 19.8 Å². The maximum atomic E-state index is 13.5. The van der Waals surface area contributed by atoms with Crippen molar-refractivity contribution >= 4 is 46.7 Å². The Morgan fingerprint density at radius 3 is 2.45 bits per heavy atom. The number of methoxy groups -OCH3 is 2. The van der Waals surface area contributed by atoms with Gasteiger partial charge < -0.3 is 14.0 Å². The number of alkyl halides is 2. The Balaban J connectivity index is 2.14. The first-order chi connectivity index (χ1) is 14.7. The third kappa shape index (κ3) is 4.77. The Morgan fingerprint density at radius 1 is 1.06 bits per heavy atom. The summed E-state index contributed by atoms with van der Waals surface area (Å²) in [5.74, 6) is 0.114. The normalized spacial score (nSPS) is 11.2. The summed E-state index contributed by atoms with van der Waals surface area (Å²) in [6.07, 6.45) is 5.86. The van der Waals surface area contributed by atoms with Gasteiger partial charge in [-0.3, -0.25) is 4.79 Å². The van der Waals surface area contributed by atoms with Crippen LogP contribution in [-0.4, -0.2) is 24.6 Å². The van der Waals surface area contributed by atoms with Gasteiger partial charge in [-0.05, 0) is 55.8 Å². The van der Waals surface area contributed by atoms with Crippen LogP contribution in [0.15, 0.2) is 60.4 Å². The van der Waals surface area contributed by atoms with E-state index < -0.39 is 10.1 Å². The molecular formula is C24H22Cl3NO3. The van der Waals surface area contributed by atoms with Crippen molar-refractivity contribution in [3.05, 3.63) is 82.1 Å². The minimum atomic E-state index is -1.93. The summed E-state index contributed by atoms with van der Waals surface area (Å²) >= 11 is 19.7. The molecule has 0 N–H and O–H groups in total. The second-order valence-electron chi connectivity index (χ2n) is 7.18. The Hall–Kier alpha value is -2.40. The van der Waals surface area contributed by atoms with Crippen LogP contribution in [0.25, 0.3) is 11.8 Å². The van der Waals surface area contributed by atoms with E-state index in [9.17, 15) is 4.79 Å². The highest BCUT2D eigenvalue weighted by atomic mass is 35.5. The minimum Gasteiger partial charge on any atom is -0.493 e. The molecule has 162 valence electrons. The molecule has 1 heterocycles. The number of aromatic nitrogens is 1. The number of benzene rings is 2. The standard InChI is InChI=1S/C24H22Cl3NO3/c1-15(2)12-16-10-11-28(14-16)20-9-8-17(25)13-19(20)24(26,27)23(29)18-6-5-7-21(30-3)22(18)31-4/h5-14H,1-4H3. The topological polar surface area (TPSA) is 40.5 Å². The Kier molecular flexibility index (Phi) is 7.05. The maximum Gasteiger partial charge on any atom is 0.207 e. The molecule has 7 heteroatoms. The van der Waals surface area contributed by atoms with Gasteiger partial charge in [0, 0.05) is 23.0 Å². The number of carbonyl (C=O) groups excluding carboxylic acids is 1. The third-order valence-electron chi connectivity index (χ3n) is 4.68. The average Bonchev–Trinajstić information content (AvgIpc) is 3.19. The van der Waals surface area contributed by atoms with Crippen molar-refractivity contribution in [3.8, 4) is 17.2 Å². The van der Waals surface area contributed by atoms with Gasteiger partial charge in [-0.1, -0.05) is 52.5 Å². The van der Waals surface area contributed by atoms with Crippen molar-refractivity contribution < 1.29 is 14.3 Å². The lowest BCUT2D eigenvalue weighted by Crippen LogP contribution is -2.26. The van der Waals surface area contributed by atoms with Crippen LogP contribution < -0.4 is 9.47 Å². The van der Waals surface area contributed by atoms with E-state index in [1.807, 2.05) is 43.0 Å². The van der Waals surface area contributed by atoms with Crippen LogP contribution >= 0.6 is 34.8 Å². The van der Waals surface area contributed by atoms with Crippen LogP contribution in [0.3, 0.4) is 0 Å². The third-order valence-corrected chi connectivity index (χ3v) is 5.66. The van der Waals surface area contributed by atoms with Crippen LogP contribution in [0.2, 0.25) is 5.02 Å². The fourth-order valence-corrected chi connectivity index (χ4v) is 4.00. The van der Waals surface area contributed by atoms with E-state index in [1.54, 1.807) is 36.4 Å². The number of Topliss-reactive ketones (excluding diaryl/α,β-unsaturated/α-hetero) is 1. The van der Waals surface area contributed by atoms with Crippen LogP contribution in [0.4, 0.5) is 0 Å². The van der Waals surface area contributed by atoms with Gasteiger partial charge in [0.15, 0.2) is 11.5 Å². The minimum absolute atomic E-state index is 0.204. The van der Waals surface area contributed by atoms with Gasteiger partial charge in [-0.15, -0.1) is 0 Å². The van der Waals surface area contributed by atoms with Crippen molar-refractivity contribution in [1.82, 2.24) is 4.57 Å². The number of allylic oxidation sites excluding steroid dienone is 1. The van der Waals surface area contributed by atoms with Gasteiger partial charge in [0.25, 0.3) is 0 Å². The molecule has 0 saturated heterocycles. The molecule has 0 fully saturated rings. The number of halogens is 3.